The molecule has 0 amide bonds. The van der Waals surface area contributed by atoms with Crippen molar-refractivity contribution in [2.45, 2.75) is 6.42 Å². The van der Waals surface area contributed by atoms with Gasteiger partial charge in [-0.3, -0.25) is 4.79 Å². The first-order valence-electron chi connectivity index (χ1n) is 13.5. The number of rotatable bonds is 7. The van der Waals surface area contributed by atoms with Gasteiger partial charge in [-0.2, -0.15) is 5.26 Å². The second-order valence-electron chi connectivity index (χ2n) is 9.38. The molecule has 0 saturated heterocycles. The fourth-order valence-corrected chi connectivity index (χ4v) is 5.76. The number of fused-ring (bicyclic) bond motifs is 1. The lowest BCUT2D eigenvalue weighted by molar-refractivity contribution is 0.112. The first kappa shape index (κ1) is 39.3. The third-order valence-electron chi connectivity index (χ3n) is 6.52. The number of carbonyl (C=O) groups is 1. The maximum atomic E-state index is 10.2. The molecule has 0 aliphatic carbocycles. The predicted octanol–water partition coefficient (Wildman–Crippen LogP) is 9.06. The minimum absolute atomic E-state index is 0.116. The molecule has 49 heavy (non-hydrogen) atoms. The van der Waals surface area contributed by atoms with Crippen LogP contribution in [-0.2, 0) is 6.42 Å². The van der Waals surface area contributed by atoms with Crippen molar-refractivity contribution in [1.82, 2.24) is 15.0 Å². The normalized spacial score (nSPS) is 10.1. The molecule has 0 saturated carbocycles. The summed E-state index contributed by atoms with van der Waals surface area (Å²) in [6, 6.07) is 10.1. The van der Waals surface area contributed by atoms with Gasteiger partial charge >= 0.3 is 0 Å². The van der Waals surface area contributed by atoms with E-state index in [4.69, 9.17) is 105 Å². The van der Waals surface area contributed by atoms with Crippen LogP contribution in [0.3, 0.4) is 0 Å². The molecule has 2 aromatic carbocycles. The number of benzene rings is 2. The highest BCUT2D eigenvalue weighted by molar-refractivity contribution is 6.41. The summed E-state index contributed by atoms with van der Waals surface area (Å²) in [5.74, 6) is 1.98. The molecular weight excluding hydrogens is 761 g/mol. The number of nitrogen functional groups attached to an aromatic ring is 2. The Hall–Kier alpha value is -4.15. The van der Waals surface area contributed by atoms with E-state index in [0.29, 0.717) is 93.1 Å². The van der Waals surface area contributed by atoms with Crippen LogP contribution in [0.15, 0.2) is 42.7 Å². The van der Waals surface area contributed by atoms with Crippen molar-refractivity contribution in [3.8, 4) is 40.2 Å². The molecule has 256 valence electrons. The lowest BCUT2D eigenvalue weighted by Gasteiger charge is -2.16. The van der Waals surface area contributed by atoms with E-state index >= 15 is 0 Å². The standard InChI is InChI=1S/C16H12Cl3N3O2.C10H9Cl2NO2.C6H5ClN2O/c1-23-10-5-11(24-2)15(19)13(14(10)18)8-3-7-6-21-12(17)4-9(7)22-16(8)20;1-14-7-5-8(15-2)10(12)6(3-4-13)9(7)11;7-6-1-5(8)4(3-10)2-9-6/h3-6H,1-2H3,(H2,20,22);5H,3H2,1-2H3;1-3H,(H2,8,9). The second-order valence-corrected chi connectivity index (χ2v) is 11.7. The van der Waals surface area contributed by atoms with Crippen molar-refractivity contribution in [3.63, 3.8) is 0 Å². The van der Waals surface area contributed by atoms with E-state index < -0.39 is 0 Å². The molecule has 3 aromatic heterocycles. The average molecular weight is 787 g/mol. The van der Waals surface area contributed by atoms with Crippen molar-refractivity contribution in [2.24, 2.45) is 0 Å². The van der Waals surface area contributed by atoms with Crippen LogP contribution in [0.2, 0.25) is 30.4 Å². The summed E-state index contributed by atoms with van der Waals surface area (Å²) in [5, 5.41) is 11.4. The number of carbonyl (C=O) groups excluding carboxylic acids is 1. The van der Waals surface area contributed by atoms with E-state index in [-0.39, 0.29) is 12.2 Å². The topological polar surface area (TPSA) is 168 Å². The third-order valence-corrected chi connectivity index (χ3v) is 8.51. The monoisotopic (exact) mass is 784 g/mol. The fourth-order valence-electron chi connectivity index (χ4n) is 4.10. The molecule has 4 N–H and O–H groups in total. The van der Waals surface area contributed by atoms with Gasteiger partial charge in [-0.1, -0.05) is 69.6 Å². The lowest BCUT2D eigenvalue weighted by atomic mass is 10.0. The number of ether oxygens (including phenoxy) is 4. The Morgan fingerprint density at radius 1 is 0.735 bits per heavy atom. The van der Waals surface area contributed by atoms with E-state index in [9.17, 15) is 4.79 Å². The molecule has 17 heteroatoms. The maximum absolute atomic E-state index is 10.2. The smallest absolute Gasteiger partial charge is 0.153 e. The minimum atomic E-state index is 0.116. The van der Waals surface area contributed by atoms with Gasteiger partial charge in [0, 0.05) is 58.4 Å². The number of halogens is 6. The number of nitrogens with two attached hydrogens (primary N) is 2. The molecule has 11 nitrogen and oxygen atoms in total. The number of hydrogen-bond acceptors (Lipinski definition) is 11. The van der Waals surface area contributed by atoms with Crippen LogP contribution in [0.5, 0.6) is 23.0 Å². The molecule has 5 aromatic rings. The summed E-state index contributed by atoms with van der Waals surface area (Å²) >= 11 is 36.3. The zero-order chi connectivity index (χ0) is 36.4. The van der Waals surface area contributed by atoms with Gasteiger partial charge in [-0.25, -0.2) is 15.0 Å². The molecule has 0 fully saturated rings. The van der Waals surface area contributed by atoms with Gasteiger partial charge in [0.25, 0.3) is 0 Å². The van der Waals surface area contributed by atoms with Crippen molar-refractivity contribution in [1.29, 1.82) is 5.26 Å². The number of aldehydes is 1. The Bertz CT molecular complexity index is 1990. The van der Waals surface area contributed by atoms with Crippen LogP contribution in [0, 0.1) is 11.3 Å². The van der Waals surface area contributed by atoms with Crippen LogP contribution < -0.4 is 30.4 Å². The zero-order valence-corrected chi connectivity index (χ0v) is 30.6. The van der Waals surface area contributed by atoms with Crippen molar-refractivity contribution in [2.75, 3.05) is 39.9 Å². The quantitative estimate of drug-likeness (QED) is 0.119. The molecule has 0 spiro atoms. The Balaban J connectivity index is 0.000000222. The highest BCUT2D eigenvalue weighted by Crippen LogP contribution is 2.47. The molecule has 0 unspecified atom stereocenters. The van der Waals surface area contributed by atoms with Gasteiger partial charge in [0.2, 0.25) is 0 Å². The van der Waals surface area contributed by atoms with E-state index in [0.717, 1.165) is 5.39 Å². The summed E-state index contributed by atoms with van der Waals surface area (Å²) in [6.45, 7) is 0. The summed E-state index contributed by atoms with van der Waals surface area (Å²) in [5.41, 5.74) is 14.4. The molecular formula is C32H26Cl6N6O5. The van der Waals surface area contributed by atoms with Gasteiger partial charge in [0.1, 0.15) is 39.1 Å². The summed E-state index contributed by atoms with van der Waals surface area (Å²) < 4.78 is 20.7. The van der Waals surface area contributed by atoms with Crippen LogP contribution in [0.25, 0.3) is 22.0 Å². The van der Waals surface area contributed by atoms with Crippen LogP contribution in [-0.4, -0.2) is 49.7 Å². The van der Waals surface area contributed by atoms with Crippen LogP contribution in [0.4, 0.5) is 11.5 Å². The molecule has 0 aliphatic heterocycles. The minimum Gasteiger partial charge on any atom is -0.495 e. The molecule has 5 rings (SSSR count). The Morgan fingerprint density at radius 2 is 1.22 bits per heavy atom. The SMILES string of the molecule is COc1cc(OC)c(Cl)c(-c2cc3cnc(Cl)cc3nc2N)c1Cl.COc1cc(OC)c(Cl)c(CC#N)c1Cl.Nc1cc(Cl)ncc1C=O. The number of aromatic nitrogens is 3. The zero-order valence-electron chi connectivity index (χ0n) is 26.1. The van der Waals surface area contributed by atoms with Crippen LogP contribution in [0.1, 0.15) is 15.9 Å². The van der Waals surface area contributed by atoms with Crippen LogP contribution >= 0.6 is 69.6 Å². The van der Waals surface area contributed by atoms with Gasteiger partial charge < -0.3 is 30.4 Å². The number of hydrogen-bond donors (Lipinski definition) is 2. The number of nitriles is 1. The Labute approximate surface area is 311 Å². The second kappa shape index (κ2) is 18.0. The molecule has 0 radical (unpaired) electrons. The molecule has 0 bridgehead atoms. The largest absolute Gasteiger partial charge is 0.495 e. The summed E-state index contributed by atoms with van der Waals surface area (Å²) in [6.07, 6.45) is 3.70. The average Bonchev–Trinajstić information content (AvgIpc) is 3.08. The molecule has 0 aliphatic rings. The van der Waals surface area contributed by atoms with Crippen molar-refractivity contribution in [3.05, 3.63) is 84.2 Å². The van der Waals surface area contributed by atoms with Gasteiger partial charge in [-0.05, 0) is 12.1 Å². The molecule has 0 atom stereocenters. The van der Waals surface area contributed by atoms with E-state index in [2.05, 4.69) is 15.0 Å². The number of nitrogens with zero attached hydrogens (tertiary/aromatic N) is 4. The Kier molecular flexibility index (Phi) is 14.4. The van der Waals surface area contributed by atoms with Gasteiger partial charge in [0.05, 0.1) is 72.1 Å². The number of methoxy groups -OCH3 is 4. The number of pyridine rings is 3. The van der Waals surface area contributed by atoms with E-state index in [1.165, 1.54) is 40.7 Å². The summed E-state index contributed by atoms with van der Waals surface area (Å²) in [7, 11) is 5.99. The van der Waals surface area contributed by atoms with E-state index in [1.807, 2.05) is 6.07 Å². The number of anilines is 2. The highest BCUT2D eigenvalue weighted by atomic mass is 35.5. The maximum Gasteiger partial charge on any atom is 0.153 e. The van der Waals surface area contributed by atoms with E-state index in [1.54, 1.807) is 30.5 Å². The van der Waals surface area contributed by atoms with Crippen molar-refractivity contribution < 1.29 is 23.7 Å². The lowest BCUT2D eigenvalue weighted by Crippen LogP contribution is -1.99. The summed E-state index contributed by atoms with van der Waals surface area (Å²) in [4.78, 5) is 22.3. The first-order chi connectivity index (χ1) is 23.3. The van der Waals surface area contributed by atoms with Crippen molar-refractivity contribution >= 4 is 98.3 Å². The Morgan fingerprint density at radius 3 is 1.69 bits per heavy atom. The van der Waals surface area contributed by atoms with Gasteiger partial charge in [-0.15, -0.1) is 0 Å². The van der Waals surface area contributed by atoms with Gasteiger partial charge in [0.15, 0.2) is 6.29 Å². The third kappa shape index (κ3) is 9.30. The predicted molar refractivity (Wildman–Crippen MR) is 195 cm³/mol. The highest BCUT2D eigenvalue weighted by Gasteiger charge is 2.21. The fraction of sp³-hybridized carbons (Fsp3) is 0.156. The molecule has 3 heterocycles. The first-order valence-corrected chi connectivity index (χ1v) is 15.8.